The van der Waals surface area contributed by atoms with Gasteiger partial charge < -0.3 is 9.62 Å². The van der Waals surface area contributed by atoms with Crippen LogP contribution in [-0.4, -0.2) is 27.5 Å². The lowest BCUT2D eigenvalue weighted by Gasteiger charge is -2.18. The van der Waals surface area contributed by atoms with Crippen molar-refractivity contribution in [1.82, 2.24) is 19.9 Å². The molecule has 5 rings (SSSR count). The highest BCUT2D eigenvalue weighted by Crippen LogP contribution is 2.24. The molecule has 5 heterocycles. The molecule has 0 unspecified atom stereocenters. The molecule has 4 aromatic heterocycles. The molecule has 0 atom stereocenters. The SMILES string of the molecule is [B]1N(c2ccc(-c3ccccn3)cn2)C=CN1c1ccc(-c2ccccn2)cn1. The monoisotopic (exact) mass is 375 g/mol. The minimum absolute atomic E-state index is 0.827. The first-order valence-corrected chi connectivity index (χ1v) is 9.22. The molecule has 4 aromatic rings. The van der Waals surface area contributed by atoms with E-state index < -0.39 is 0 Å². The maximum absolute atomic E-state index is 4.57. The Morgan fingerprint density at radius 1 is 0.552 bits per heavy atom. The number of rotatable bonds is 4. The Hall–Kier alpha value is -4.00. The summed E-state index contributed by atoms with van der Waals surface area (Å²) in [5.74, 6) is 1.65. The van der Waals surface area contributed by atoms with Crippen LogP contribution >= 0.6 is 0 Å². The van der Waals surface area contributed by atoms with Crippen molar-refractivity contribution in [3.05, 3.63) is 97.9 Å². The number of pyridine rings is 4. The lowest BCUT2D eigenvalue weighted by Crippen LogP contribution is -2.30. The highest BCUT2D eigenvalue weighted by molar-refractivity contribution is 6.49. The van der Waals surface area contributed by atoms with Crippen LogP contribution in [0.3, 0.4) is 0 Å². The molecule has 29 heavy (non-hydrogen) atoms. The van der Waals surface area contributed by atoms with Gasteiger partial charge >= 0.3 is 7.55 Å². The lowest BCUT2D eigenvalue weighted by molar-refractivity contribution is 1.22. The fourth-order valence-corrected chi connectivity index (χ4v) is 3.07. The highest BCUT2D eigenvalue weighted by Gasteiger charge is 2.20. The molecule has 0 saturated carbocycles. The Labute approximate surface area is 169 Å². The molecule has 137 valence electrons. The predicted molar refractivity (Wildman–Crippen MR) is 115 cm³/mol. The van der Waals surface area contributed by atoms with Gasteiger partial charge in [0, 0.05) is 48.3 Å². The van der Waals surface area contributed by atoms with E-state index in [2.05, 4.69) is 19.9 Å². The third-order valence-corrected chi connectivity index (χ3v) is 4.58. The standard InChI is InChI=1S/C22H16BN6/c1-3-11-24-19(5-1)17-7-9-21(26-15-17)28-13-14-29(23-28)22-10-8-18(16-27-22)20-6-2-4-12-25-20/h1-16H. The van der Waals surface area contributed by atoms with Crippen molar-refractivity contribution in [2.24, 2.45) is 0 Å². The second kappa shape index (κ2) is 7.56. The summed E-state index contributed by atoms with van der Waals surface area (Å²) in [6, 6.07) is 19.7. The van der Waals surface area contributed by atoms with Crippen LogP contribution in [0.25, 0.3) is 22.5 Å². The molecule has 7 heteroatoms. The molecule has 0 aromatic carbocycles. The Balaban J connectivity index is 1.29. The molecule has 0 saturated heterocycles. The van der Waals surface area contributed by atoms with Crippen molar-refractivity contribution in [2.45, 2.75) is 0 Å². The molecule has 0 spiro atoms. The summed E-state index contributed by atoms with van der Waals surface area (Å²) in [5.41, 5.74) is 3.79. The zero-order valence-corrected chi connectivity index (χ0v) is 15.5. The molecule has 6 nitrogen and oxygen atoms in total. The van der Waals surface area contributed by atoms with Gasteiger partial charge in [0.2, 0.25) is 0 Å². The number of aromatic nitrogens is 4. The van der Waals surface area contributed by atoms with Crippen LogP contribution in [0.15, 0.2) is 97.9 Å². The summed E-state index contributed by atoms with van der Waals surface area (Å²) in [5, 5.41) is 0. The van der Waals surface area contributed by atoms with Gasteiger partial charge in [-0.3, -0.25) is 9.97 Å². The van der Waals surface area contributed by atoms with Crippen molar-refractivity contribution >= 4 is 19.2 Å². The zero-order chi connectivity index (χ0) is 19.5. The van der Waals surface area contributed by atoms with E-state index in [9.17, 15) is 0 Å². The van der Waals surface area contributed by atoms with Gasteiger partial charge in [0.25, 0.3) is 0 Å². The van der Waals surface area contributed by atoms with E-state index in [0.717, 1.165) is 34.2 Å². The summed E-state index contributed by atoms with van der Waals surface area (Å²) >= 11 is 0. The lowest BCUT2D eigenvalue weighted by atomic mass is 10.1. The van der Waals surface area contributed by atoms with Crippen LogP contribution < -0.4 is 9.62 Å². The Morgan fingerprint density at radius 2 is 1.07 bits per heavy atom. The van der Waals surface area contributed by atoms with Crippen LogP contribution in [0, 0.1) is 0 Å². The van der Waals surface area contributed by atoms with Crippen molar-refractivity contribution < 1.29 is 0 Å². The molecule has 0 N–H and O–H groups in total. The maximum atomic E-state index is 4.57. The Morgan fingerprint density at radius 3 is 1.45 bits per heavy atom. The largest absolute Gasteiger partial charge is 0.402 e. The normalized spacial score (nSPS) is 12.8. The molecule has 0 aliphatic carbocycles. The van der Waals surface area contributed by atoms with E-state index in [0.29, 0.717) is 0 Å². The molecule has 1 aliphatic heterocycles. The maximum Gasteiger partial charge on any atom is 0.402 e. The third kappa shape index (κ3) is 3.58. The van der Waals surface area contributed by atoms with Gasteiger partial charge in [-0.05, 0) is 48.5 Å². The van der Waals surface area contributed by atoms with Crippen LogP contribution in [0.2, 0.25) is 0 Å². The van der Waals surface area contributed by atoms with E-state index in [4.69, 9.17) is 0 Å². The first kappa shape index (κ1) is 17.1. The summed E-state index contributed by atoms with van der Waals surface area (Å²) in [6.07, 6.45) is 11.1. The predicted octanol–water partition coefficient (Wildman–Crippen LogP) is 3.93. The van der Waals surface area contributed by atoms with Gasteiger partial charge in [-0.15, -0.1) is 0 Å². The van der Waals surface area contributed by atoms with Gasteiger partial charge in [-0.2, -0.15) is 0 Å². The van der Waals surface area contributed by atoms with Crippen molar-refractivity contribution in [3.8, 4) is 22.5 Å². The second-order valence-electron chi connectivity index (χ2n) is 6.47. The molecule has 1 radical (unpaired) electrons. The van der Waals surface area contributed by atoms with E-state index >= 15 is 0 Å². The van der Waals surface area contributed by atoms with E-state index in [1.54, 1.807) is 12.4 Å². The number of hydrogen-bond donors (Lipinski definition) is 0. The van der Waals surface area contributed by atoms with Gasteiger partial charge in [-0.25, -0.2) is 9.97 Å². The summed E-state index contributed by atoms with van der Waals surface area (Å²) in [6.45, 7) is 0. The van der Waals surface area contributed by atoms with Gasteiger partial charge in [0.15, 0.2) is 0 Å². The topological polar surface area (TPSA) is 58.0 Å². The summed E-state index contributed by atoms with van der Waals surface area (Å²) < 4.78 is 0. The van der Waals surface area contributed by atoms with E-state index in [1.807, 2.05) is 103 Å². The molecule has 1 aliphatic rings. The van der Waals surface area contributed by atoms with Crippen LogP contribution in [0.5, 0.6) is 0 Å². The molecular formula is C22H16BN6. The average molecular weight is 375 g/mol. The summed E-state index contributed by atoms with van der Waals surface area (Å²) in [7, 11) is 1.95. The number of nitrogens with zero attached hydrogens (tertiary/aromatic N) is 6. The first-order chi connectivity index (χ1) is 14.4. The molecule has 0 fully saturated rings. The third-order valence-electron chi connectivity index (χ3n) is 4.58. The van der Waals surface area contributed by atoms with Crippen molar-refractivity contribution in [2.75, 3.05) is 9.62 Å². The average Bonchev–Trinajstić information content (AvgIpc) is 3.31. The van der Waals surface area contributed by atoms with Gasteiger partial charge in [0.1, 0.15) is 11.6 Å². The Bertz CT molecular complexity index is 1020. The molecular weight excluding hydrogens is 359 g/mol. The van der Waals surface area contributed by atoms with E-state index in [-0.39, 0.29) is 0 Å². The first-order valence-electron chi connectivity index (χ1n) is 9.22. The number of hydrogen-bond acceptors (Lipinski definition) is 6. The van der Waals surface area contributed by atoms with Crippen molar-refractivity contribution in [1.29, 1.82) is 0 Å². The number of anilines is 2. The highest BCUT2D eigenvalue weighted by atomic mass is 15.3. The van der Waals surface area contributed by atoms with Gasteiger partial charge in [-0.1, -0.05) is 12.1 Å². The summed E-state index contributed by atoms with van der Waals surface area (Å²) in [4.78, 5) is 21.8. The quantitative estimate of drug-likeness (QED) is 0.504. The van der Waals surface area contributed by atoms with E-state index in [1.165, 1.54) is 0 Å². The minimum atomic E-state index is 0.827. The Kier molecular flexibility index (Phi) is 4.46. The fraction of sp³-hybridized carbons (Fsp3) is 0. The zero-order valence-electron chi connectivity index (χ0n) is 15.5. The second-order valence-corrected chi connectivity index (χ2v) is 6.47. The molecule has 0 bridgehead atoms. The van der Waals surface area contributed by atoms with Gasteiger partial charge in [0.05, 0.1) is 11.4 Å². The van der Waals surface area contributed by atoms with Crippen LogP contribution in [-0.2, 0) is 0 Å². The van der Waals surface area contributed by atoms with Crippen LogP contribution in [0.1, 0.15) is 0 Å². The smallest absolute Gasteiger partial charge is 0.358 e. The fourth-order valence-electron chi connectivity index (χ4n) is 3.07. The minimum Gasteiger partial charge on any atom is -0.358 e. The van der Waals surface area contributed by atoms with Crippen LogP contribution in [0.4, 0.5) is 11.6 Å². The van der Waals surface area contributed by atoms with Crippen molar-refractivity contribution in [3.63, 3.8) is 0 Å². The molecule has 0 amide bonds.